The topological polar surface area (TPSA) is 107 Å². The molecule has 2 aromatic heterocycles. The number of nitrogens with zero attached hydrogens (tertiary/aromatic N) is 5. The summed E-state index contributed by atoms with van der Waals surface area (Å²) in [5.74, 6) is 0.0605. The molecular formula is C16H16ClN7O2. The Balaban J connectivity index is 2.02. The average molecular weight is 377 g/mol. The first-order valence-electron chi connectivity index (χ1n) is 8.86. The molecule has 1 aromatic carbocycles. The molecule has 0 radical (unpaired) electrons. The van der Waals surface area contributed by atoms with E-state index < -0.39 is 12.9 Å². The minimum absolute atomic E-state index is 0.0138. The van der Waals surface area contributed by atoms with Crippen LogP contribution in [0.2, 0.25) is 5.15 Å². The predicted octanol–water partition coefficient (Wildman–Crippen LogP) is 2.13. The van der Waals surface area contributed by atoms with Crippen LogP contribution < -0.4 is 15.4 Å². The molecule has 0 aliphatic heterocycles. The number of aromatic nitrogens is 5. The molecule has 0 bridgehead atoms. The first-order chi connectivity index (χ1) is 13.7. The summed E-state index contributed by atoms with van der Waals surface area (Å²) < 4.78 is 28.7. The number of carbonyl (C=O) groups excluding carboxylic acids is 1. The highest BCUT2D eigenvalue weighted by Crippen LogP contribution is 2.34. The van der Waals surface area contributed by atoms with Crippen LogP contribution in [0.5, 0.6) is 5.75 Å². The fourth-order valence-electron chi connectivity index (χ4n) is 2.32. The van der Waals surface area contributed by atoms with E-state index in [1.54, 1.807) is 29.8 Å². The Morgan fingerprint density at radius 1 is 1.35 bits per heavy atom. The fourth-order valence-corrected chi connectivity index (χ4v) is 2.46. The Hall–Kier alpha value is -3.20. The minimum atomic E-state index is -2.68. The second-order valence-electron chi connectivity index (χ2n) is 5.10. The quantitative estimate of drug-likeness (QED) is 0.702. The van der Waals surface area contributed by atoms with Crippen molar-refractivity contribution in [3.8, 4) is 11.4 Å². The summed E-state index contributed by atoms with van der Waals surface area (Å²) in [5.41, 5.74) is 0.969. The van der Waals surface area contributed by atoms with Crippen molar-refractivity contribution in [3.05, 3.63) is 47.3 Å². The van der Waals surface area contributed by atoms with E-state index in [4.69, 9.17) is 20.5 Å². The first kappa shape index (κ1) is 14.0. The highest BCUT2D eigenvalue weighted by atomic mass is 35.5. The van der Waals surface area contributed by atoms with Crippen LogP contribution in [0.25, 0.3) is 5.69 Å². The lowest BCUT2D eigenvalue weighted by molar-refractivity contribution is 0.0958. The molecule has 0 spiro atoms. The maximum atomic E-state index is 12.3. The highest BCUT2D eigenvalue weighted by Gasteiger charge is 2.17. The van der Waals surface area contributed by atoms with Crippen LogP contribution in [0.15, 0.2) is 30.6 Å². The van der Waals surface area contributed by atoms with Gasteiger partial charge in [0.15, 0.2) is 16.6 Å². The molecule has 0 unspecified atom stereocenters. The fraction of sp³-hybridized carbons (Fsp3) is 0.188. The molecule has 134 valence electrons. The summed E-state index contributed by atoms with van der Waals surface area (Å²) in [6.45, 7) is -0.927. The van der Waals surface area contributed by atoms with E-state index in [1.807, 2.05) is 5.32 Å². The van der Waals surface area contributed by atoms with Crippen LogP contribution in [-0.4, -0.2) is 45.0 Å². The number of amides is 1. The van der Waals surface area contributed by atoms with E-state index in [2.05, 4.69) is 25.6 Å². The summed E-state index contributed by atoms with van der Waals surface area (Å²) in [4.78, 5) is 16.4. The van der Waals surface area contributed by atoms with Gasteiger partial charge >= 0.3 is 0 Å². The van der Waals surface area contributed by atoms with Crippen molar-refractivity contribution in [3.63, 3.8) is 0 Å². The van der Waals surface area contributed by atoms with Gasteiger partial charge in [0.25, 0.3) is 5.91 Å². The molecule has 0 fully saturated rings. The average Bonchev–Trinajstić information content (AvgIpc) is 3.06. The lowest BCUT2D eigenvalue weighted by Crippen LogP contribution is -2.21. The van der Waals surface area contributed by atoms with E-state index in [9.17, 15) is 4.79 Å². The van der Waals surface area contributed by atoms with Crippen LogP contribution in [0.1, 0.15) is 20.4 Å². The number of carbonyl (C=O) groups is 1. The molecule has 0 saturated carbocycles. The Bertz CT molecular complexity index is 1060. The van der Waals surface area contributed by atoms with Crippen molar-refractivity contribution in [2.24, 2.45) is 0 Å². The van der Waals surface area contributed by atoms with Crippen molar-refractivity contribution < 1.29 is 13.6 Å². The predicted molar refractivity (Wildman–Crippen MR) is 96.4 cm³/mol. The lowest BCUT2D eigenvalue weighted by atomic mass is 10.2. The largest absolute Gasteiger partial charge is 0.492 e. The second kappa shape index (κ2) is 7.36. The van der Waals surface area contributed by atoms with Crippen molar-refractivity contribution >= 4 is 28.9 Å². The Morgan fingerprint density at radius 2 is 2.19 bits per heavy atom. The SMILES string of the molecule is [2H]C([2H])([2H])NC(=O)c1nnc(Cl)cc1Nc1cccc(-n2cnc(C)n2)c1OC. The number of rotatable bonds is 5. The van der Waals surface area contributed by atoms with Crippen LogP contribution in [0.4, 0.5) is 11.4 Å². The number of halogens is 1. The van der Waals surface area contributed by atoms with Gasteiger partial charge in [0, 0.05) is 17.2 Å². The zero-order valence-electron chi connectivity index (χ0n) is 16.8. The van der Waals surface area contributed by atoms with Gasteiger partial charge in [-0.05, 0) is 19.1 Å². The molecule has 10 heteroatoms. The summed E-state index contributed by atoms with van der Waals surface area (Å²) in [6.07, 6.45) is 1.54. The van der Waals surface area contributed by atoms with Gasteiger partial charge in [-0.3, -0.25) is 4.79 Å². The normalized spacial score (nSPS) is 12.7. The zero-order chi connectivity index (χ0) is 21.2. The monoisotopic (exact) mass is 376 g/mol. The zero-order valence-corrected chi connectivity index (χ0v) is 14.6. The Morgan fingerprint density at radius 3 is 2.88 bits per heavy atom. The summed E-state index contributed by atoms with van der Waals surface area (Å²) in [7, 11) is 1.48. The van der Waals surface area contributed by atoms with Gasteiger partial charge in [-0.2, -0.15) is 5.10 Å². The van der Waals surface area contributed by atoms with Crippen LogP contribution in [-0.2, 0) is 0 Å². The number of anilines is 2. The molecule has 3 aromatic rings. The summed E-state index contributed by atoms with van der Waals surface area (Å²) in [6, 6.07) is 6.58. The van der Waals surface area contributed by atoms with Crippen molar-refractivity contribution in [2.75, 3.05) is 19.4 Å². The molecule has 2 N–H and O–H groups in total. The molecule has 2 heterocycles. The molecule has 0 aliphatic carbocycles. The van der Waals surface area contributed by atoms with Crippen LogP contribution in [0, 0.1) is 6.92 Å². The van der Waals surface area contributed by atoms with E-state index in [0.29, 0.717) is 22.9 Å². The van der Waals surface area contributed by atoms with Gasteiger partial charge in [0.05, 0.1) is 18.5 Å². The van der Waals surface area contributed by atoms with Crippen molar-refractivity contribution in [1.82, 2.24) is 30.3 Å². The Kier molecular flexibility index (Phi) is 3.97. The van der Waals surface area contributed by atoms with Gasteiger partial charge in [-0.15, -0.1) is 10.2 Å². The summed E-state index contributed by atoms with van der Waals surface area (Å²) in [5, 5.41) is 16.5. The van der Waals surface area contributed by atoms with Crippen molar-refractivity contribution in [2.45, 2.75) is 6.92 Å². The second-order valence-corrected chi connectivity index (χ2v) is 5.49. The summed E-state index contributed by atoms with van der Waals surface area (Å²) >= 11 is 5.91. The third kappa shape index (κ3) is 3.42. The number of benzene rings is 1. The lowest BCUT2D eigenvalue weighted by Gasteiger charge is -2.16. The smallest absolute Gasteiger partial charge is 0.273 e. The number of methoxy groups -OCH3 is 1. The molecule has 0 aliphatic rings. The maximum Gasteiger partial charge on any atom is 0.273 e. The van der Waals surface area contributed by atoms with E-state index >= 15 is 0 Å². The van der Waals surface area contributed by atoms with Gasteiger partial charge < -0.3 is 15.4 Å². The van der Waals surface area contributed by atoms with E-state index in [-0.39, 0.29) is 16.5 Å². The minimum Gasteiger partial charge on any atom is -0.492 e. The molecule has 9 nitrogen and oxygen atoms in total. The van der Waals surface area contributed by atoms with Gasteiger partial charge in [-0.25, -0.2) is 9.67 Å². The number of hydrogen-bond acceptors (Lipinski definition) is 7. The molecule has 3 rings (SSSR count). The number of aryl methyl sites for hydroxylation is 1. The molecule has 26 heavy (non-hydrogen) atoms. The molecule has 0 atom stereocenters. The molecule has 1 amide bonds. The van der Waals surface area contributed by atoms with E-state index in [0.717, 1.165) is 0 Å². The molecular weight excluding hydrogens is 358 g/mol. The van der Waals surface area contributed by atoms with Crippen molar-refractivity contribution in [1.29, 1.82) is 0 Å². The van der Waals surface area contributed by atoms with E-state index in [1.165, 1.54) is 19.5 Å². The van der Waals surface area contributed by atoms with Crippen LogP contribution in [0.3, 0.4) is 0 Å². The Labute approximate surface area is 158 Å². The standard InChI is InChI=1S/C16H16ClN7O2/c1-9-19-8-24(23-9)12-6-4-5-10(15(12)26-3)20-11-7-13(17)21-22-14(11)16(25)18-2/h4-8H,1-3H3,(H,18,25)(H,20,21)/i2D3. The first-order valence-corrected chi connectivity index (χ1v) is 7.74. The highest BCUT2D eigenvalue weighted by molar-refractivity contribution is 6.29. The van der Waals surface area contributed by atoms with Gasteiger partial charge in [0.1, 0.15) is 17.8 Å². The van der Waals surface area contributed by atoms with Crippen LogP contribution >= 0.6 is 11.6 Å². The number of hydrogen-bond donors (Lipinski definition) is 2. The molecule has 0 saturated heterocycles. The number of nitrogens with one attached hydrogen (secondary N) is 2. The van der Waals surface area contributed by atoms with Gasteiger partial charge in [-0.1, -0.05) is 17.7 Å². The van der Waals surface area contributed by atoms with Gasteiger partial charge in [0.2, 0.25) is 0 Å². The number of ether oxygens (including phenoxy) is 1. The maximum absolute atomic E-state index is 12.3. The number of para-hydroxylation sites is 1. The third-order valence-electron chi connectivity index (χ3n) is 3.41. The third-order valence-corrected chi connectivity index (χ3v) is 3.60.